The van der Waals surface area contributed by atoms with Crippen LogP contribution in [-0.2, 0) is 0 Å². The zero-order chi connectivity index (χ0) is 14.0. The molecule has 0 saturated carbocycles. The van der Waals surface area contributed by atoms with Gasteiger partial charge in [-0.05, 0) is 38.8 Å². The van der Waals surface area contributed by atoms with Crippen LogP contribution in [0, 0.1) is 0 Å². The summed E-state index contributed by atoms with van der Waals surface area (Å²) in [5.74, 6) is 0. The Balaban J connectivity index is 2.98. The van der Waals surface area contributed by atoms with Gasteiger partial charge >= 0.3 is 0 Å². The van der Waals surface area contributed by atoms with Crippen LogP contribution in [0.15, 0.2) is 12.2 Å². The normalized spacial score (nSPS) is 11.5. The third-order valence-electron chi connectivity index (χ3n) is 3.59. The molecule has 0 amide bonds. The van der Waals surface area contributed by atoms with Gasteiger partial charge in [-0.1, -0.05) is 77.4 Å². The fourth-order valence-corrected chi connectivity index (χ4v) is 2.27. The molecule has 0 atom stereocenters. The molecule has 1 heteroatoms. The summed E-state index contributed by atoms with van der Waals surface area (Å²) in [5.41, 5.74) is 0. The first kappa shape index (κ1) is 18.7. The molecule has 0 aromatic carbocycles. The van der Waals surface area contributed by atoms with Crippen molar-refractivity contribution in [3.05, 3.63) is 12.2 Å². The van der Waals surface area contributed by atoms with Gasteiger partial charge in [-0.2, -0.15) is 0 Å². The van der Waals surface area contributed by atoms with Crippen LogP contribution in [0.4, 0.5) is 0 Å². The van der Waals surface area contributed by atoms with E-state index in [1.54, 1.807) is 0 Å². The topological polar surface area (TPSA) is 12.0 Å². The Morgan fingerprint density at radius 3 is 1.89 bits per heavy atom. The summed E-state index contributed by atoms with van der Waals surface area (Å²) in [4.78, 5) is 0. The molecular weight excluding hydrogens is 230 g/mol. The van der Waals surface area contributed by atoms with E-state index in [-0.39, 0.29) is 0 Å². The number of hydrogen-bond donors (Lipinski definition) is 1. The minimum Gasteiger partial charge on any atom is -0.316 e. The molecule has 0 aliphatic rings. The molecule has 0 aliphatic carbocycles. The summed E-state index contributed by atoms with van der Waals surface area (Å²) in [7, 11) is 0. The van der Waals surface area contributed by atoms with E-state index in [0.29, 0.717) is 0 Å². The van der Waals surface area contributed by atoms with E-state index < -0.39 is 0 Å². The largest absolute Gasteiger partial charge is 0.316 e. The Morgan fingerprint density at radius 1 is 0.579 bits per heavy atom. The van der Waals surface area contributed by atoms with Gasteiger partial charge in [0, 0.05) is 0 Å². The van der Waals surface area contributed by atoms with Crippen LogP contribution >= 0.6 is 0 Å². The van der Waals surface area contributed by atoms with Crippen LogP contribution in [-0.4, -0.2) is 13.1 Å². The summed E-state index contributed by atoms with van der Waals surface area (Å²) in [6, 6.07) is 0. The van der Waals surface area contributed by atoms with Crippen LogP contribution in [0.2, 0.25) is 0 Å². The fourth-order valence-electron chi connectivity index (χ4n) is 2.27. The predicted octanol–water partition coefficient (Wildman–Crippen LogP) is 5.85. The minimum absolute atomic E-state index is 1.15. The molecule has 0 bridgehead atoms. The van der Waals surface area contributed by atoms with E-state index in [0.717, 1.165) is 6.54 Å². The van der Waals surface area contributed by atoms with Gasteiger partial charge in [-0.25, -0.2) is 0 Å². The van der Waals surface area contributed by atoms with Gasteiger partial charge in [-0.3, -0.25) is 0 Å². The second-order valence-corrected chi connectivity index (χ2v) is 5.63. The van der Waals surface area contributed by atoms with Gasteiger partial charge < -0.3 is 5.32 Å². The molecule has 0 fully saturated rings. The molecule has 1 N–H and O–H groups in total. The lowest BCUT2D eigenvalue weighted by Crippen LogP contribution is -2.15. The second kappa shape index (κ2) is 17.7. The number of nitrogens with one attached hydrogen (secondary N) is 1. The molecule has 0 unspecified atom stereocenters. The first-order chi connectivity index (χ1) is 9.41. The third kappa shape index (κ3) is 17.7. The Hall–Kier alpha value is -0.300. The van der Waals surface area contributed by atoms with Crippen molar-refractivity contribution < 1.29 is 0 Å². The van der Waals surface area contributed by atoms with E-state index in [2.05, 4.69) is 31.3 Å². The van der Waals surface area contributed by atoms with Crippen molar-refractivity contribution in [1.29, 1.82) is 0 Å². The lowest BCUT2D eigenvalue weighted by molar-refractivity contribution is 0.564. The van der Waals surface area contributed by atoms with Crippen molar-refractivity contribution in [1.82, 2.24) is 5.32 Å². The van der Waals surface area contributed by atoms with Crippen LogP contribution in [0.3, 0.4) is 0 Å². The van der Waals surface area contributed by atoms with Crippen molar-refractivity contribution in [3.8, 4) is 0 Å². The van der Waals surface area contributed by atoms with Crippen LogP contribution in [0.1, 0.15) is 90.9 Å². The molecular formula is C18H37N. The SMILES string of the molecule is CCCCC/C=C/CCNCCCCCCCCC. The summed E-state index contributed by atoms with van der Waals surface area (Å²) >= 11 is 0. The molecule has 114 valence electrons. The summed E-state index contributed by atoms with van der Waals surface area (Å²) in [6.45, 7) is 6.90. The van der Waals surface area contributed by atoms with Crippen molar-refractivity contribution >= 4 is 0 Å². The van der Waals surface area contributed by atoms with Crippen molar-refractivity contribution in [2.45, 2.75) is 90.9 Å². The Bertz CT molecular complexity index is 175. The first-order valence-electron chi connectivity index (χ1n) is 8.77. The molecule has 19 heavy (non-hydrogen) atoms. The number of hydrogen-bond acceptors (Lipinski definition) is 1. The molecule has 1 nitrogen and oxygen atoms in total. The standard InChI is InChI=1S/C18H37N/c1-3-5-7-9-11-13-15-17-19-18-16-14-12-10-8-6-4-2/h11,13,19H,3-10,12,14-18H2,1-2H3/b13-11+. The van der Waals surface area contributed by atoms with Gasteiger partial charge in [-0.15, -0.1) is 0 Å². The second-order valence-electron chi connectivity index (χ2n) is 5.63. The summed E-state index contributed by atoms with van der Waals surface area (Å²) in [6.07, 6.45) is 21.1. The first-order valence-corrected chi connectivity index (χ1v) is 8.77. The molecule has 0 aromatic rings. The van der Waals surface area contributed by atoms with Gasteiger partial charge in [0.25, 0.3) is 0 Å². The molecule has 0 spiro atoms. The van der Waals surface area contributed by atoms with Crippen LogP contribution < -0.4 is 5.32 Å². The van der Waals surface area contributed by atoms with E-state index in [1.807, 2.05) is 0 Å². The minimum atomic E-state index is 1.15. The summed E-state index contributed by atoms with van der Waals surface area (Å²) < 4.78 is 0. The Morgan fingerprint density at radius 2 is 1.16 bits per heavy atom. The Labute approximate surface area is 122 Å². The average molecular weight is 268 g/mol. The molecule has 0 aromatic heterocycles. The van der Waals surface area contributed by atoms with E-state index >= 15 is 0 Å². The molecule has 0 saturated heterocycles. The quantitative estimate of drug-likeness (QED) is 0.290. The van der Waals surface area contributed by atoms with Gasteiger partial charge in [0.05, 0.1) is 0 Å². The Kier molecular flexibility index (Phi) is 17.4. The number of unbranched alkanes of at least 4 members (excludes halogenated alkanes) is 9. The van der Waals surface area contributed by atoms with Crippen molar-refractivity contribution in [2.75, 3.05) is 13.1 Å². The highest BCUT2D eigenvalue weighted by atomic mass is 14.8. The number of allylic oxidation sites excluding steroid dienone is 1. The lowest BCUT2D eigenvalue weighted by Gasteiger charge is -2.03. The zero-order valence-corrected chi connectivity index (χ0v) is 13.6. The van der Waals surface area contributed by atoms with Crippen LogP contribution in [0.25, 0.3) is 0 Å². The van der Waals surface area contributed by atoms with Gasteiger partial charge in [0.2, 0.25) is 0 Å². The smallest absolute Gasteiger partial charge is 0.00143 e. The molecule has 0 rings (SSSR count). The average Bonchev–Trinajstić information content (AvgIpc) is 2.43. The van der Waals surface area contributed by atoms with Crippen LogP contribution in [0.5, 0.6) is 0 Å². The zero-order valence-electron chi connectivity index (χ0n) is 13.6. The van der Waals surface area contributed by atoms with E-state index in [9.17, 15) is 0 Å². The van der Waals surface area contributed by atoms with E-state index in [4.69, 9.17) is 0 Å². The maximum atomic E-state index is 3.54. The monoisotopic (exact) mass is 267 g/mol. The van der Waals surface area contributed by atoms with E-state index in [1.165, 1.54) is 83.6 Å². The van der Waals surface area contributed by atoms with Crippen molar-refractivity contribution in [3.63, 3.8) is 0 Å². The van der Waals surface area contributed by atoms with Gasteiger partial charge in [0.1, 0.15) is 0 Å². The number of rotatable bonds is 15. The summed E-state index contributed by atoms with van der Waals surface area (Å²) in [5, 5.41) is 3.54. The molecule has 0 radical (unpaired) electrons. The molecule has 0 aliphatic heterocycles. The predicted molar refractivity (Wildman–Crippen MR) is 88.8 cm³/mol. The highest BCUT2D eigenvalue weighted by Gasteiger charge is 1.90. The maximum Gasteiger partial charge on any atom is -0.00143 e. The van der Waals surface area contributed by atoms with Gasteiger partial charge in [0.15, 0.2) is 0 Å². The lowest BCUT2D eigenvalue weighted by atomic mass is 10.1. The molecule has 0 heterocycles. The maximum absolute atomic E-state index is 3.54. The fraction of sp³-hybridized carbons (Fsp3) is 0.889. The highest BCUT2D eigenvalue weighted by Crippen LogP contribution is 2.06. The van der Waals surface area contributed by atoms with Crippen molar-refractivity contribution in [2.24, 2.45) is 0 Å². The third-order valence-corrected chi connectivity index (χ3v) is 3.59. The highest BCUT2D eigenvalue weighted by molar-refractivity contribution is 4.81.